The molecule has 3 heteroatoms. The highest BCUT2D eigenvalue weighted by atomic mass is 15.1. The van der Waals surface area contributed by atoms with Gasteiger partial charge in [0.15, 0.2) is 0 Å². The van der Waals surface area contributed by atoms with Crippen LogP contribution >= 0.6 is 0 Å². The Labute approximate surface area is 80.2 Å². The number of imidazole rings is 1. The zero-order valence-corrected chi connectivity index (χ0v) is 8.58. The standard InChI is InChI=1S/C10H19N3/c1-3-8-13-9-7-12-10(13)5-4-6-11-2/h7,9,11H,3-6,8H2,1-2H3. The van der Waals surface area contributed by atoms with Crippen LogP contribution in [0.25, 0.3) is 0 Å². The Morgan fingerprint density at radius 1 is 1.54 bits per heavy atom. The van der Waals surface area contributed by atoms with Gasteiger partial charge < -0.3 is 9.88 Å². The number of nitrogens with zero attached hydrogens (tertiary/aromatic N) is 2. The minimum absolute atomic E-state index is 1.07. The van der Waals surface area contributed by atoms with E-state index in [0.717, 1.165) is 25.9 Å². The van der Waals surface area contributed by atoms with Gasteiger partial charge in [0.25, 0.3) is 0 Å². The molecule has 1 heterocycles. The molecule has 0 saturated heterocycles. The number of aromatic nitrogens is 2. The second-order valence-electron chi connectivity index (χ2n) is 3.24. The number of hydrogen-bond donors (Lipinski definition) is 1. The number of aryl methyl sites for hydroxylation is 2. The average molecular weight is 181 g/mol. The lowest BCUT2D eigenvalue weighted by molar-refractivity contribution is 0.613. The monoisotopic (exact) mass is 181 g/mol. The van der Waals surface area contributed by atoms with Gasteiger partial charge in [-0.2, -0.15) is 0 Å². The van der Waals surface area contributed by atoms with E-state index in [1.807, 2.05) is 13.2 Å². The highest BCUT2D eigenvalue weighted by Gasteiger charge is 2.00. The molecule has 13 heavy (non-hydrogen) atoms. The van der Waals surface area contributed by atoms with Gasteiger partial charge in [-0.05, 0) is 26.4 Å². The van der Waals surface area contributed by atoms with Crippen molar-refractivity contribution in [3.05, 3.63) is 18.2 Å². The molecule has 1 aromatic rings. The minimum Gasteiger partial charge on any atom is -0.335 e. The van der Waals surface area contributed by atoms with Gasteiger partial charge in [-0.25, -0.2) is 4.98 Å². The van der Waals surface area contributed by atoms with Crippen LogP contribution < -0.4 is 5.32 Å². The first-order valence-corrected chi connectivity index (χ1v) is 5.03. The fourth-order valence-corrected chi connectivity index (χ4v) is 1.44. The lowest BCUT2D eigenvalue weighted by Gasteiger charge is -2.05. The molecule has 0 fully saturated rings. The molecule has 0 aliphatic heterocycles. The first-order valence-electron chi connectivity index (χ1n) is 5.03. The van der Waals surface area contributed by atoms with E-state index in [2.05, 4.69) is 28.0 Å². The number of hydrogen-bond acceptors (Lipinski definition) is 2. The summed E-state index contributed by atoms with van der Waals surface area (Å²) in [5.74, 6) is 1.22. The summed E-state index contributed by atoms with van der Waals surface area (Å²) in [6.45, 7) is 4.35. The largest absolute Gasteiger partial charge is 0.335 e. The maximum absolute atomic E-state index is 4.34. The van der Waals surface area contributed by atoms with Crippen molar-refractivity contribution in [3.63, 3.8) is 0 Å². The van der Waals surface area contributed by atoms with Crippen LogP contribution in [0.3, 0.4) is 0 Å². The van der Waals surface area contributed by atoms with Crippen LogP contribution in [0.15, 0.2) is 12.4 Å². The minimum atomic E-state index is 1.07. The SMILES string of the molecule is CCCn1ccnc1CCCNC. The molecule has 74 valence electrons. The summed E-state index contributed by atoms with van der Waals surface area (Å²) in [4.78, 5) is 4.34. The third-order valence-corrected chi connectivity index (χ3v) is 2.09. The van der Waals surface area contributed by atoms with E-state index in [1.165, 1.54) is 12.2 Å². The smallest absolute Gasteiger partial charge is 0.108 e. The van der Waals surface area contributed by atoms with E-state index in [-0.39, 0.29) is 0 Å². The molecule has 1 aromatic heterocycles. The Morgan fingerprint density at radius 2 is 2.38 bits per heavy atom. The summed E-state index contributed by atoms with van der Waals surface area (Å²) < 4.78 is 2.25. The molecule has 3 nitrogen and oxygen atoms in total. The molecule has 0 atom stereocenters. The predicted octanol–water partition coefficient (Wildman–Crippen LogP) is 1.45. The zero-order chi connectivity index (χ0) is 9.52. The number of rotatable bonds is 6. The van der Waals surface area contributed by atoms with Crippen molar-refractivity contribution in [1.29, 1.82) is 0 Å². The molecule has 0 aromatic carbocycles. The van der Waals surface area contributed by atoms with Gasteiger partial charge in [-0.3, -0.25) is 0 Å². The molecule has 0 aliphatic rings. The van der Waals surface area contributed by atoms with E-state index >= 15 is 0 Å². The quantitative estimate of drug-likeness (QED) is 0.673. The molecule has 1 N–H and O–H groups in total. The second-order valence-corrected chi connectivity index (χ2v) is 3.24. The molecule has 0 unspecified atom stereocenters. The predicted molar refractivity (Wildman–Crippen MR) is 54.8 cm³/mol. The van der Waals surface area contributed by atoms with E-state index in [9.17, 15) is 0 Å². The van der Waals surface area contributed by atoms with Crippen molar-refractivity contribution in [1.82, 2.24) is 14.9 Å². The highest BCUT2D eigenvalue weighted by Crippen LogP contribution is 2.01. The molecular weight excluding hydrogens is 162 g/mol. The van der Waals surface area contributed by atoms with Crippen LogP contribution in [0, 0.1) is 0 Å². The summed E-state index contributed by atoms with van der Waals surface area (Å²) in [5.41, 5.74) is 0. The Balaban J connectivity index is 2.40. The molecule has 0 radical (unpaired) electrons. The molecule has 0 saturated carbocycles. The first-order chi connectivity index (χ1) is 6.38. The highest BCUT2D eigenvalue weighted by molar-refractivity contribution is 4.92. The summed E-state index contributed by atoms with van der Waals surface area (Å²) in [6, 6.07) is 0. The van der Waals surface area contributed by atoms with Gasteiger partial charge >= 0.3 is 0 Å². The van der Waals surface area contributed by atoms with E-state index < -0.39 is 0 Å². The Morgan fingerprint density at radius 3 is 3.08 bits per heavy atom. The maximum Gasteiger partial charge on any atom is 0.108 e. The fraction of sp³-hybridized carbons (Fsp3) is 0.700. The summed E-state index contributed by atoms with van der Waals surface area (Å²) >= 11 is 0. The van der Waals surface area contributed by atoms with Crippen LogP contribution in [0.2, 0.25) is 0 Å². The van der Waals surface area contributed by atoms with Gasteiger partial charge in [0, 0.05) is 25.4 Å². The van der Waals surface area contributed by atoms with Crippen molar-refractivity contribution < 1.29 is 0 Å². The third-order valence-electron chi connectivity index (χ3n) is 2.09. The summed E-state index contributed by atoms with van der Waals surface area (Å²) in [5, 5.41) is 3.14. The van der Waals surface area contributed by atoms with Crippen molar-refractivity contribution in [2.45, 2.75) is 32.7 Å². The van der Waals surface area contributed by atoms with Crippen molar-refractivity contribution in [2.24, 2.45) is 0 Å². The Bertz CT molecular complexity index is 230. The molecule has 0 spiro atoms. The Hall–Kier alpha value is -0.830. The number of nitrogens with one attached hydrogen (secondary N) is 1. The molecule has 0 amide bonds. The van der Waals surface area contributed by atoms with Crippen LogP contribution in [-0.2, 0) is 13.0 Å². The maximum atomic E-state index is 4.34. The van der Waals surface area contributed by atoms with Crippen LogP contribution in [0.5, 0.6) is 0 Å². The first kappa shape index (κ1) is 10.3. The fourth-order valence-electron chi connectivity index (χ4n) is 1.44. The van der Waals surface area contributed by atoms with Crippen LogP contribution in [0.4, 0.5) is 0 Å². The van der Waals surface area contributed by atoms with Gasteiger partial charge in [-0.15, -0.1) is 0 Å². The molecule has 0 aliphatic carbocycles. The normalized spacial score (nSPS) is 10.6. The van der Waals surface area contributed by atoms with E-state index in [4.69, 9.17) is 0 Å². The van der Waals surface area contributed by atoms with E-state index in [1.54, 1.807) is 0 Å². The molecule has 0 bridgehead atoms. The van der Waals surface area contributed by atoms with Crippen molar-refractivity contribution >= 4 is 0 Å². The lowest BCUT2D eigenvalue weighted by atomic mass is 10.3. The van der Waals surface area contributed by atoms with E-state index in [0.29, 0.717) is 0 Å². The van der Waals surface area contributed by atoms with Gasteiger partial charge in [0.2, 0.25) is 0 Å². The van der Waals surface area contributed by atoms with Gasteiger partial charge in [-0.1, -0.05) is 6.92 Å². The average Bonchev–Trinajstić information content (AvgIpc) is 2.54. The topological polar surface area (TPSA) is 29.9 Å². The molecular formula is C10H19N3. The van der Waals surface area contributed by atoms with Gasteiger partial charge in [0.1, 0.15) is 5.82 Å². The third kappa shape index (κ3) is 3.19. The van der Waals surface area contributed by atoms with Crippen LogP contribution in [-0.4, -0.2) is 23.1 Å². The van der Waals surface area contributed by atoms with Crippen molar-refractivity contribution in [2.75, 3.05) is 13.6 Å². The second kappa shape index (κ2) is 5.75. The summed E-state index contributed by atoms with van der Waals surface area (Å²) in [7, 11) is 1.98. The zero-order valence-electron chi connectivity index (χ0n) is 8.58. The summed E-state index contributed by atoms with van der Waals surface area (Å²) in [6.07, 6.45) is 7.38. The van der Waals surface area contributed by atoms with Gasteiger partial charge in [0.05, 0.1) is 0 Å². The Kier molecular flexibility index (Phi) is 4.54. The molecule has 1 rings (SSSR count). The van der Waals surface area contributed by atoms with Crippen molar-refractivity contribution in [3.8, 4) is 0 Å². The lowest BCUT2D eigenvalue weighted by Crippen LogP contribution is -2.10. The van der Waals surface area contributed by atoms with Crippen LogP contribution in [0.1, 0.15) is 25.6 Å².